The van der Waals surface area contributed by atoms with Crippen LogP contribution in [0.2, 0.25) is 0 Å². The molecule has 0 bridgehead atoms. The molecule has 0 atom stereocenters. The van der Waals surface area contributed by atoms with Crippen LogP contribution in [0.15, 0.2) is 9.21 Å². The third-order valence-corrected chi connectivity index (χ3v) is 3.37. The van der Waals surface area contributed by atoms with Gasteiger partial charge < -0.3 is 14.1 Å². The molecule has 1 aromatic rings. The van der Waals surface area contributed by atoms with Crippen molar-refractivity contribution in [1.82, 2.24) is 4.98 Å². The molecule has 0 radical (unpaired) electrons. The summed E-state index contributed by atoms with van der Waals surface area (Å²) in [6.45, 7) is 2.83. The van der Waals surface area contributed by atoms with Crippen molar-refractivity contribution in [2.24, 2.45) is 0 Å². The van der Waals surface area contributed by atoms with Gasteiger partial charge in [0.1, 0.15) is 5.76 Å². The Kier molecular flexibility index (Phi) is 2.84. The summed E-state index contributed by atoms with van der Waals surface area (Å²) in [5, 5.41) is 0. The molecule has 2 aliphatic rings. The molecule has 2 heterocycles. The van der Waals surface area contributed by atoms with Gasteiger partial charge in [-0.15, -0.1) is 0 Å². The van der Waals surface area contributed by atoms with Gasteiger partial charge in [0.2, 0.25) is 0 Å². The van der Waals surface area contributed by atoms with Crippen LogP contribution in [0.25, 0.3) is 0 Å². The number of hydrogen-bond donors (Lipinski definition) is 0. The number of hydrogen-bond acceptors (Lipinski definition) is 5. The van der Waals surface area contributed by atoms with Gasteiger partial charge in [-0.25, -0.2) is 0 Å². The first kappa shape index (κ1) is 10.8. The third kappa shape index (κ3) is 2.07. The fraction of sp³-hybridized carbons (Fsp3) is 0.667. The quantitative estimate of drug-likeness (QED) is 0.720. The van der Waals surface area contributed by atoms with Gasteiger partial charge in [-0.3, -0.25) is 4.79 Å². The molecule has 0 saturated carbocycles. The largest absolute Gasteiger partial charge is 0.430 e. The summed E-state index contributed by atoms with van der Waals surface area (Å²) in [7, 11) is 0. The van der Waals surface area contributed by atoms with Crippen LogP contribution < -0.4 is 10.5 Å². The van der Waals surface area contributed by atoms with E-state index in [2.05, 4.69) is 4.98 Å². The summed E-state index contributed by atoms with van der Waals surface area (Å²) >= 11 is 0. The molecule has 1 aliphatic carbocycles. The van der Waals surface area contributed by atoms with Gasteiger partial charge in [0.25, 0.3) is 5.56 Å². The summed E-state index contributed by atoms with van der Waals surface area (Å²) in [6.07, 6.45) is 3.84. The van der Waals surface area contributed by atoms with E-state index in [1.807, 2.05) is 4.90 Å². The molecule has 3 rings (SSSR count). The minimum absolute atomic E-state index is 0.104. The van der Waals surface area contributed by atoms with E-state index >= 15 is 0 Å². The van der Waals surface area contributed by atoms with E-state index in [9.17, 15) is 4.79 Å². The highest BCUT2D eigenvalue weighted by atomic mass is 16.5. The lowest BCUT2D eigenvalue weighted by molar-refractivity contribution is 0.119. The van der Waals surface area contributed by atoms with E-state index < -0.39 is 0 Å². The number of nitrogens with zero attached hydrogens (tertiary/aromatic N) is 2. The Hall–Kier alpha value is -1.36. The molecule has 1 saturated heterocycles. The van der Waals surface area contributed by atoms with Gasteiger partial charge in [-0.2, -0.15) is 4.98 Å². The SMILES string of the molecule is O=c1nc(N2CCOCC2)oc2c1CCCC2. The monoisotopic (exact) mass is 236 g/mol. The van der Waals surface area contributed by atoms with Crippen molar-refractivity contribution in [2.45, 2.75) is 25.7 Å². The summed E-state index contributed by atoms with van der Waals surface area (Å²) in [6, 6.07) is 0.471. The lowest BCUT2D eigenvalue weighted by Gasteiger charge is -2.26. The Bertz CT molecular complexity index is 463. The lowest BCUT2D eigenvalue weighted by Crippen LogP contribution is -2.38. The Balaban J connectivity index is 1.95. The van der Waals surface area contributed by atoms with Crippen LogP contribution >= 0.6 is 0 Å². The minimum Gasteiger partial charge on any atom is -0.430 e. The minimum atomic E-state index is -0.104. The smallest absolute Gasteiger partial charge is 0.300 e. The van der Waals surface area contributed by atoms with Crippen LogP contribution in [0, 0.1) is 0 Å². The molecule has 0 amide bonds. The molecule has 0 unspecified atom stereocenters. The van der Waals surface area contributed by atoms with E-state index in [0.29, 0.717) is 19.2 Å². The molecule has 0 spiro atoms. The average molecular weight is 236 g/mol. The fourth-order valence-corrected chi connectivity index (χ4v) is 2.39. The van der Waals surface area contributed by atoms with Gasteiger partial charge in [0.15, 0.2) is 0 Å². The maximum Gasteiger partial charge on any atom is 0.300 e. The first-order chi connectivity index (χ1) is 8.34. The second-order valence-electron chi connectivity index (χ2n) is 4.51. The summed E-state index contributed by atoms with van der Waals surface area (Å²) in [4.78, 5) is 17.9. The summed E-state index contributed by atoms with van der Waals surface area (Å²) in [5.74, 6) is 0.845. The predicted octanol–water partition coefficient (Wildman–Crippen LogP) is 0.750. The highest BCUT2D eigenvalue weighted by Crippen LogP contribution is 2.21. The van der Waals surface area contributed by atoms with Crippen molar-refractivity contribution in [2.75, 3.05) is 31.2 Å². The molecule has 1 aliphatic heterocycles. The van der Waals surface area contributed by atoms with Crippen molar-refractivity contribution in [3.05, 3.63) is 21.7 Å². The summed E-state index contributed by atoms with van der Waals surface area (Å²) < 4.78 is 11.1. The zero-order valence-electron chi connectivity index (χ0n) is 9.78. The van der Waals surface area contributed by atoms with E-state index in [1.54, 1.807) is 0 Å². The van der Waals surface area contributed by atoms with E-state index in [1.165, 1.54) is 0 Å². The predicted molar refractivity (Wildman–Crippen MR) is 62.4 cm³/mol. The number of ether oxygens (including phenoxy) is 1. The van der Waals surface area contributed by atoms with Crippen LogP contribution in [-0.4, -0.2) is 31.3 Å². The van der Waals surface area contributed by atoms with Crippen LogP contribution in [0.5, 0.6) is 0 Å². The third-order valence-electron chi connectivity index (χ3n) is 3.37. The topological polar surface area (TPSA) is 55.6 Å². The van der Waals surface area contributed by atoms with E-state index in [0.717, 1.165) is 50.1 Å². The maximum absolute atomic E-state index is 11.9. The molecule has 1 fully saturated rings. The molecule has 0 N–H and O–H groups in total. The van der Waals surface area contributed by atoms with Gasteiger partial charge in [-0.1, -0.05) is 0 Å². The molecule has 0 aromatic carbocycles. The fourth-order valence-electron chi connectivity index (χ4n) is 2.39. The van der Waals surface area contributed by atoms with Gasteiger partial charge in [-0.05, 0) is 19.3 Å². The molecular weight excluding hydrogens is 220 g/mol. The standard InChI is InChI=1S/C12H16N2O3/c15-11-9-3-1-2-4-10(9)17-12(13-11)14-5-7-16-8-6-14/h1-8H2. The Morgan fingerprint density at radius 1 is 1.12 bits per heavy atom. The Labute approximate surface area is 99.4 Å². The Morgan fingerprint density at radius 3 is 2.71 bits per heavy atom. The average Bonchev–Trinajstić information content (AvgIpc) is 2.40. The van der Waals surface area contributed by atoms with Gasteiger partial charge in [0, 0.05) is 19.5 Å². The zero-order chi connectivity index (χ0) is 11.7. The van der Waals surface area contributed by atoms with Crippen molar-refractivity contribution >= 4 is 6.01 Å². The molecule has 92 valence electrons. The van der Waals surface area contributed by atoms with E-state index in [-0.39, 0.29) is 5.56 Å². The molecule has 17 heavy (non-hydrogen) atoms. The number of aryl methyl sites for hydroxylation is 1. The first-order valence-electron chi connectivity index (χ1n) is 6.20. The van der Waals surface area contributed by atoms with E-state index in [4.69, 9.17) is 9.15 Å². The maximum atomic E-state index is 11.9. The lowest BCUT2D eigenvalue weighted by atomic mass is 9.98. The molecule has 1 aromatic heterocycles. The highest BCUT2D eigenvalue weighted by molar-refractivity contribution is 5.29. The van der Waals surface area contributed by atoms with Crippen molar-refractivity contribution in [3.8, 4) is 0 Å². The molecule has 5 heteroatoms. The number of anilines is 1. The normalized spacial score (nSPS) is 20.1. The first-order valence-corrected chi connectivity index (χ1v) is 6.20. The number of aromatic nitrogens is 1. The highest BCUT2D eigenvalue weighted by Gasteiger charge is 2.21. The number of rotatable bonds is 1. The van der Waals surface area contributed by atoms with Crippen LogP contribution in [0.3, 0.4) is 0 Å². The van der Waals surface area contributed by atoms with Crippen LogP contribution in [-0.2, 0) is 17.6 Å². The Morgan fingerprint density at radius 2 is 1.88 bits per heavy atom. The molecule has 5 nitrogen and oxygen atoms in total. The van der Waals surface area contributed by atoms with Crippen molar-refractivity contribution in [3.63, 3.8) is 0 Å². The van der Waals surface area contributed by atoms with Crippen LogP contribution in [0.1, 0.15) is 24.2 Å². The number of fused-ring (bicyclic) bond motifs is 1. The second kappa shape index (κ2) is 4.49. The zero-order valence-corrected chi connectivity index (χ0v) is 9.78. The second-order valence-corrected chi connectivity index (χ2v) is 4.51. The van der Waals surface area contributed by atoms with Crippen LogP contribution in [0.4, 0.5) is 6.01 Å². The number of morpholine rings is 1. The van der Waals surface area contributed by atoms with Crippen molar-refractivity contribution in [1.29, 1.82) is 0 Å². The molecular formula is C12H16N2O3. The summed E-state index contributed by atoms with van der Waals surface area (Å²) in [5.41, 5.74) is 0.681. The van der Waals surface area contributed by atoms with Crippen molar-refractivity contribution < 1.29 is 9.15 Å². The van der Waals surface area contributed by atoms with Gasteiger partial charge in [0.05, 0.1) is 18.8 Å². The van der Waals surface area contributed by atoms with Gasteiger partial charge >= 0.3 is 6.01 Å².